The Balaban J connectivity index is 1.52. The summed E-state index contributed by atoms with van der Waals surface area (Å²) in [6.07, 6.45) is 12.6. The van der Waals surface area contributed by atoms with E-state index in [1.165, 1.54) is 57.1 Å². The maximum absolute atomic E-state index is 6.54. The number of rotatable bonds is 3. The normalized spacial score (nSPS) is 48.7. The summed E-state index contributed by atoms with van der Waals surface area (Å²) in [5.41, 5.74) is 2.21. The predicted molar refractivity (Wildman–Crippen MR) is 114 cm³/mol. The van der Waals surface area contributed by atoms with Crippen LogP contribution in [0.5, 0.6) is 0 Å². The van der Waals surface area contributed by atoms with Gasteiger partial charge in [-0.05, 0) is 107 Å². The Morgan fingerprint density at radius 1 is 0.963 bits per heavy atom. The fourth-order valence-electron chi connectivity index (χ4n) is 7.87. The molecule has 4 fully saturated rings. The van der Waals surface area contributed by atoms with E-state index >= 15 is 0 Å². The lowest BCUT2D eigenvalue weighted by molar-refractivity contribution is -0.111. The van der Waals surface area contributed by atoms with E-state index in [0.29, 0.717) is 16.9 Å². The first-order valence-corrected chi connectivity index (χ1v) is 14.9. The molecule has 4 aliphatic carbocycles. The zero-order valence-electron chi connectivity index (χ0n) is 18.5. The second kappa shape index (κ2) is 6.86. The van der Waals surface area contributed by atoms with Crippen LogP contribution in [0, 0.1) is 34.5 Å². The highest BCUT2D eigenvalue weighted by Crippen LogP contribution is 2.65. The van der Waals surface area contributed by atoms with E-state index in [1.54, 1.807) is 7.11 Å². The molecular formula is C23H41NO2Si. The maximum Gasteiger partial charge on any atom is 0.184 e. The molecule has 0 heterocycles. The van der Waals surface area contributed by atoms with Crippen LogP contribution in [-0.4, -0.2) is 27.2 Å². The third kappa shape index (κ3) is 3.33. The van der Waals surface area contributed by atoms with Gasteiger partial charge in [-0.3, -0.25) is 0 Å². The molecule has 3 nitrogen and oxygen atoms in total. The van der Waals surface area contributed by atoms with Crippen LogP contribution in [-0.2, 0) is 9.26 Å². The molecular weight excluding hydrogens is 350 g/mol. The Morgan fingerprint density at radius 3 is 2.44 bits per heavy atom. The molecule has 0 aromatic heterocycles. The molecule has 0 radical (unpaired) electrons. The number of hydrogen-bond donors (Lipinski definition) is 0. The molecule has 4 aliphatic rings. The van der Waals surface area contributed by atoms with Crippen LogP contribution in [0.2, 0.25) is 19.6 Å². The summed E-state index contributed by atoms with van der Waals surface area (Å²) in [5, 5.41) is 4.46. The summed E-state index contributed by atoms with van der Waals surface area (Å²) < 4.78 is 6.54. The van der Waals surface area contributed by atoms with Gasteiger partial charge in [-0.2, -0.15) is 0 Å². The van der Waals surface area contributed by atoms with Crippen molar-refractivity contribution in [2.45, 2.75) is 97.4 Å². The molecule has 0 aliphatic heterocycles. The highest BCUT2D eigenvalue weighted by molar-refractivity contribution is 6.69. The highest BCUT2D eigenvalue weighted by atomic mass is 28.4. The van der Waals surface area contributed by atoms with E-state index in [9.17, 15) is 0 Å². The predicted octanol–water partition coefficient (Wildman–Crippen LogP) is 6.25. The molecule has 0 aromatic rings. The van der Waals surface area contributed by atoms with Crippen molar-refractivity contribution in [3.63, 3.8) is 0 Å². The first-order chi connectivity index (χ1) is 12.7. The van der Waals surface area contributed by atoms with Gasteiger partial charge in [-0.15, -0.1) is 0 Å². The Bertz CT molecular complexity index is 600. The topological polar surface area (TPSA) is 30.8 Å². The van der Waals surface area contributed by atoms with Crippen LogP contribution in [0.15, 0.2) is 5.16 Å². The lowest BCUT2D eigenvalue weighted by atomic mass is 9.45. The molecule has 4 heteroatoms. The largest absolute Gasteiger partial charge is 0.415 e. The lowest BCUT2D eigenvalue weighted by Crippen LogP contribution is -2.54. The van der Waals surface area contributed by atoms with E-state index in [0.717, 1.165) is 30.1 Å². The van der Waals surface area contributed by atoms with Gasteiger partial charge in [0.15, 0.2) is 8.32 Å². The molecule has 0 saturated heterocycles. The molecule has 0 spiro atoms. The minimum absolute atomic E-state index is 0.304. The van der Waals surface area contributed by atoms with Crippen molar-refractivity contribution in [2.24, 2.45) is 39.7 Å². The summed E-state index contributed by atoms with van der Waals surface area (Å²) >= 11 is 0. The van der Waals surface area contributed by atoms with Crippen LogP contribution in [0.3, 0.4) is 0 Å². The fourth-order valence-corrected chi connectivity index (χ4v) is 9.09. The minimum atomic E-state index is -1.43. The van der Waals surface area contributed by atoms with Crippen molar-refractivity contribution in [3.05, 3.63) is 0 Å². The number of hydrogen-bond acceptors (Lipinski definition) is 3. The van der Waals surface area contributed by atoms with E-state index in [2.05, 4.69) is 38.6 Å². The SMILES string of the molecule is CON=C1CCC2C3CC[C@@H]4C[C@H](O[Si](C)(C)C)CC[C@]4(C)C3CC[C@]12C. The summed E-state index contributed by atoms with van der Waals surface area (Å²) in [5.74, 6) is 3.54. The van der Waals surface area contributed by atoms with Crippen LogP contribution < -0.4 is 0 Å². The van der Waals surface area contributed by atoms with E-state index in [1.807, 2.05) is 0 Å². The van der Waals surface area contributed by atoms with Gasteiger partial charge in [0.2, 0.25) is 0 Å². The van der Waals surface area contributed by atoms with Crippen molar-refractivity contribution in [3.8, 4) is 0 Å². The smallest absolute Gasteiger partial charge is 0.184 e. The van der Waals surface area contributed by atoms with Crippen molar-refractivity contribution in [2.75, 3.05) is 7.11 Å². The first-order valence-electron chi connectivity index (χ1n) is 11.5. The van der Waals surface area contributed by atoms with Gasteiger partial charge in [0.25, 0.3) is 0 Å². The molecule has 0 amide bonds. The van der Waals surface area contributed by atoms with Gasteiger partial charge in [-0.25, -0.2) is 0 Å². The Hall–Kier alpha value is -0.353. The van der Waals surface area contributed by atoms with Gasteiger partial charge >= 0.3 is 0 Å². The quantitative estimate of drug-likeness (QED) is 0.420. The van der Waals surface area contributed by atoms with Crippen LogP contribution >= 0.6 is 0 Å². The molecule has 7 atom stereocenters. The van der Waals surface area contributed by atoms with Crippen molar-refractivity contribution >= 4 is 14.0 Å². The standard InChI is InChI=1S/C23H41NO2Si/c1-22-13-11-17(26-27(4,5)6)15-16(22)7-8-18-19-9-10-21(24-25-3)23(19,2)14-12-20(18)22/h16-20H,7-15H2,1-6H3/t16-,17-,18?,19?,20?,22+,23+/m1/s1. The van der Waals surface area contributed by atoms with E-state index in [4.69, 9.17) is 9.26 Å². The second-order valence-corrected chi connectivity index (χ2v) is 16.0. The Morgan fingerprint density at radius 2 is 1.74 bits per heavy atom. The zero-order valence-corrected chi connectivity index (χ0v) is 19.5. The zero-order chi connectivity index (χ0) is 19.4. The van der Waals surface area contributed by atoms with Crippen LogP contribution in [0.1, 0.15) is 71.6 Å². The van der Waals surface area contributed by atoms with Crippen LogP contribution in [0.4, 0.5) is 0 Å². The monoisotopic (exact) mass is 391 g/mol. The average molecular weight is 392 g/mol. The fraction of sp³-hybridized carbons (Fsp3) is 0.957. The summed E-state index contributed by atoms with van der Waals surface area (Å²) in [7, 11) is 0.283. The van der Waals surface area contributed by atoms with Crippen LogP contribution in [0.25, 0.3) is 0 Å². The molecule has 4 rings (SSSR count). The first kappa shape index (κ1) is 19.9. The molecule has 27 heavy (non-hydrogen) atoms. The average Bonchev–Trinajstić information content (AvgIpc) is 2.91. The Labute approximate surface area is 167 Å². The third-order valence-electron chi connectivity index (χ3n) is 9.08. The number of fused-ring (bicyclic) bond motifs is 5. The highest BCUT2D eigenvalue weighted by Gasteiger charge is 2.59. The summed E-state index contributed by atoms with van der Waals surface area (Å²) in [4.78, 5) is 5.21. The number of oxime groups is 1. The lowest BCUT2D eigenvalue weighted by Gasteiger charge is -2.60. The van der Waals surface area contributed by atoms with E-state index in [-0.39, 0.29) is 0 Å². The maximum atomic E-state index is 6.54. The van der Waals surface area contributed by atoms with Gasteiger partial charge in [0.1, 0.15) is 7.11 Å². The number of nitrogens with zero attached hydrogens (tertiary/aromatic N) is 1. The molecule has 3 unspecified atom stereocenters. The molecule has 0 N–H and O–H groups in total. The summed E-state index contributed by atoms with van der Waals surface area (Å²) in [6.45, 7) is 12.2. The second-order valence-electron chi connectivity index (χ2n) is 11.5. The minimum Gasteiger partial charge on any atom is -0.415 e. The van der Waals surface area contributed by atoms with Crippen molar-refractivity contribution in [1.82, 2.24) is 0 Å². The molecule has 0 aromatic carbocycles. The molecule has 4 saturated carbocycles. The van der Waals surface area contributed by atoms with Gasteiger partial charge in [-0.1, -0.05) is 19.0 Å². The van der Waals surface area contributed by atoms with Crippen molar-refractivity contribution in [1.29, 1.82) is 0 Å². The van der Waals surface area contributed by atoms with Gasteiger partial charge in [0, 0.05) is 11.5 Å². The molecule has 154 valence electrons. The van der Waals surface area contributed by atoms with Gasteiger partial charge < -0.3 is 9.26 Å². The Kier molecular flexibility index (Phi) is 5.07. The summed E-state index contributed by atoms with van der Waals surface area (Å²) in [6, 6.07) is 0. The van der Waals surface area contributed by atoms with E-state index < -0.39 is 8.32 Å². The van der Waals surface area contributed by atoms with Gasteiger partial charge in [0.05, 0.1) is 5.71 Å². The van der Waals surface area contributed by atoms with Crippen molar-refractivity contribution < 1.29 is 9.26 Å². The molecule has 0 bridgehead atoms. The third-order valence-corrected chi connectivity index (χ3v) is 10.1.